The predicted molar refractivity (Wildman–Crippen MR) is 105 cm³/mol. The van der Waals surface area contributed by atoms with E-state index in [1.54, 1.807) is 23.9 Å². The number of nitrogens with zero attached hydrogens (tertiary/aromatic N) is 4. The summed E-state index contributed by atoms with van der Waals surface area (Å²) in [5.41, 5.74) is 2.24. The van der Waals surface area contributed by atoms with Gasteiger partial charge in [-0.1, -0.05) is 54.2 Å². The third-order valence-electron chi connectivity index (χ3n) is 4.70. The van der Waals surface area contributed by atoms with Crippen molar-refractivity contribution in [1.29, 1.82) is 0 Å². The van der Waals surface area contributed by atoms with Crippen LogP contribution in [0.15, 0.2) is 59.8 Å². The summed E-state index contributed by atoms with van der Waals surface area (Å²) in [4.78, 5) is 10.7. The van der Waals surface area contributed by atoms with Gasteiger partial charge in [0.15, 0.2) is 5.16 Å². The number of aromatic nitrogens is 3. The molecule has 27 heavy (non-hydrogen) atoms. The number of nitro groups is 1. The molecule has 0 N–H and O–H groups in total. The van der Waals surface area contributed by atoms with Gasteiger partial charge in [0.05, 0.1) is 11.5 Å². The summed E-state index contributed by atoms with van der Waals surface area (Å²) in [5.74, 6) is 1.55. The van der Waals surface area contributed by atoms with E-state index in [0.29, 0.717) is 5.92 Å². The van der Waals surface area contributed by atoms with Crippen LogP contribution in [0.5, 0.6) is 0 Å². The van der Waals surface area contributed by atoms with Crippen molar-refractivity contribution in [2.45, 2.75) is 42.6 Å². The van der Waals surface area contributed by atoms with Crippen LogP contribution in [0.25, 0.3) is 0 Å². The number of non-ortho nitro benzene ring substituents is 1. The summed E-state index contributed by atoms with van der Waals surface area (Å²) < 4.78 is 2.20. The molecule has 0 aliphatic heterocycles. The first-order valence-electron chi connectivity index (χ1n) is 9.00. The molecule has 1 heterocycles. The number of nitro benzene ring substituents is 1. The van der Waals surface area contributed by atoms with Crippen LogP contribution in [0.2, 0.25) is 0 Å². The first kappa shape index (κ1) is 17.7. The van der Waals surface area contributed by atoms with Crippen molar-refractivity contribution in [2.24, 2.45) is 0 Å². The number of benzene rings is 2. The molecule has 0 saturated heterocycles. The maximum absolute atomic E-state index is 11.0. The minimum absolute atomic E-state index is 0.0377. The fraction of sp³-hybridized carbons (Fsp3) is 0.300. The van der Waals surface area contributed by atoms with Crippen LogP contribution >= 0.6 is 11.8 Å². The fourth-order valence-electron chi connectivity index (χ4n) is 3.06. The molecule has 6 nitrogen and oxygen atoms in total. The van der Waals surface area contributed by atoms with Crippen molar-refractivity contribution in [1.82, 2.24) is 14.8 Å². The lowest BCUT2D eigenvalue weighted by molar-refractivity contribution is -0.384. The Kier molecular flexibility index (Phi) is 4.94. The van der Waals surface area contributed by atoms with Gasteiger partial charge >= 0.3 is 0 Å². The average Bonchev–Trinajstić information content (AvgIpc) is 3.46. The summed E-state index contributed by atoms with van der Waals surface area (Å²) in [6, 6.07) is 17.1. The van der Waals surface area contributed by atoms with Gasteiger partial charge in [-0.15, -0.1) is 10.2 Å². The molecule has 7 heteroatoms. The standard InChI is InChI=1S/C20H20N4O2S/c1-14(17-8-5-9-18(12-17)24(25)26)27-20-22-21-19(16-10-11-16)23(20)13-15-6-3-2-4-7-15/h2-9,12,14,16H,10-11,13H2,1H3. The fourth-order valence-corrected chi connectivity index (χ4v) is 4.03. The van der Waals surface area contributed by atoms with E-state index >= 15 is 0 Å². The molecule has 1 aliphatic rings. The van der Waals surface area contributed by atoms with Crippen LogP contribution in [0, 0.1) is 10.1 Å². The Balaban J connectivity index is 1.60. The smallest absolute Gasteiger partial charge is 0.269 e. The van der Waals surface area contributed by atoms with Gasteiger partial charge in [0.2, 0.25) is 0 Å². The molecule has 1 aliphatic carbocycles. The van der Waals surface area contributed by atoms with Gasteiger partial charge in [-0.3, -0.25) is 10.1 Å². The number of hydrogen-bond acceptors (Lipinski definition) is 5. The van der Waals surface area contributed by atoms with Crippen LogP contribution in [-0.4, -0.2) is 19.7 Å². The maximum atomic E-state index is 11.0. The molecule has 3 aromatic rings. The van der Waals surface area contributed by atoms with Crippen LogP contribution in [0.3, 0.4) is 0 Å². The summed E-state index contributed by atoms with van der Waals surface area (Å²) in [7, 11) is 0. The van der Waals surface area contributed by atoms with Crippen molar-refractivity contribution >= 4 is 17.4 Å². The Bertz CT molecular complexity index is 954. The van der Waals surface area contributed by atoms with E-state index in [2.05, 4.69) is 26.9 Å². The maximum Gasteiger partial charge on any atom is 0.269 e. The lowest BCUT2D eigenvalue weighted by atomic mass is 10.1. The highest BCUT2D eigenvalue weighted by Gasteiger charge is 2.31. The van der Waals surface area contributed by atoms with E-state index < -0.39 is 0 Å². The molecular weight excluding hydrogens is 360 g/mol. The molecule has 0 amide bonds. The Morgan fingerprint density at radius 2 is 1.96 bits per heavy atom. The van der Waals surface area contributed by atoms with Crippen LogP contribution in [-0.2, 0) is 6.54 Å². The topological polar surface area (TPSA) is 73.8 Å². The zero-order valence-corrected chi connectivity index (χ0v) is 15.8. The van der Waals surface area contributed by atoms with Gasteiger partial charge < -0.3 is 4.57 Å². The molecule has 2 aromatic carbocycles. The van der Waals surface area contributed by atoms with Crippen molar-refractivity contribution in [3.63, 3.8) is 0 Å². The number of thioether (sulfide) groups is 1. The van der Waals surface area contributed by atoms with Crippen LogP contribution in [0.1, 0.15) is 47.9 Å². The largest absolute Gasteiger partial charge is 0.301 e. The lowest BCUT2D eigenvalue weighted by Gasteiger charge is -2.14. The normalized spacial score (nSPS) is 14.9. The predicted octanol–water partition coefficient (Wildman–Crippen LogP) is 4.97. The molecule has 0 bridgehead atoms. The second-order valence-corrected chi connectivity index (χ2v) is 8.11. The molecular formula is C20H20N4O2S. The Labute approximate surface area is 161 Å². The molecule has 1 atom stereocenters. The monoisotopic (exact) mass is 380 g/mol. The molecule has 1 saturated carbocycles. The van der Waals surface area contributed by atoms with Crippen molar-refractivity contribution < 1.29 is 4.92 Å². The summed E-state index contributed by atoms with van der Waals surface area (Å²) in [6.45, 7) is 2.78. The van der Waals surface area contributed by atoms with E-state index in [9.17, 15) is 10.1 Å². The zero-order chi connectivity index (χ0) is 18.8. The van der Waals surface area contributed by atoms with E-state index in [1.807, 2.05) is 31.2 Å². The van der Waals surface area contributed by atoms with E-state index in [4.69, 9.17) is 0 Å². The van der Waals surface area contributed by atoms with Crippen molar-refractivity contribution in [3.05, 3.63) is 81.7 Å². The molecule has 1 fully saturated rings. The highest BCUT2D eigenvalue weighted by atomic mass is 32.2. The second-order valence-electron chi connectivity index (χ2n) is 6.80. The van der Waals surface area contributed by atoms with E-state index in [-0.39, 0.29) is 15.9 Å². The van der Waals surface area contributed by atoms with Gasteiger partial charge in [-0.25, -0.2) is 0 Å². The van der Waals surface area contributed by atoms with Gasteiger partial charge in [0.25, 0.3) is 5.69 Å². The third kappa shape index (κ3) is 4.03. The van der Waals surface area contributed by atoms with E-state index in [1.165, 1.54) is 11.6 Å². The summed E-state index contributed by atoms with van der Waals surface area (Å²) in [6.07, 6.45) is 2.33. The zero-order valence-electron chi connectivity index (χ0n) is 15.0. The quantitative estimate of drug-likeness (QED) is 0.329. The molecule has 4 rings (SSSR count). The molecule has 0 spiro atoms. The first-order valence-corrected chi connectivity index (χ1v) is 9.88. The average molecular weight is 380 g/mol. The van der Waals surface area contributed by atoms with Gasteiger partial charge in [-0.05, 0) is 30.9 Å². The summed E-state index contributed by atoms with van der Waals surface area (Å²) in [5, 5.41) is 20.8. The van der Waals surface area contributed by atoms with Gasteiger partial charge in [-0.2, -0.15) is 0 Å². The van der Waals surface area contributed by atoms with Crippen molar-refractivity contribution in [2.75, 3.05) is 0 Å². The highest BCUT2D eigenvalue weighted by molar-refractivity contribution is 7.99. The lowest BCUT2D eigenvalue weighted by Crippen LogP contribution is -2.06. The molecule has 1 aromatic heterocycles. The van der Waals surface area contributed by atoms with Gasteiger partial charge in [0.1, 0.15) is 5.82 Å². The van der Waals surface area contributed by atoms with Crippen molar-refractivity contribution in [3.8, 4) is 0 Å². The Morgan fingerprint density at radius 3 is 2.67 bits per heavy atom. The highest BCUT2D eigenvalue weighted by Crippen LogP contribution is 2.42. The van der Waals surface area contributed by atoms with Crippen LogP contribution in [0.4, 0.5) is 5.69 Å². The summed E-state index contributed by atoms with van der Waals surface area (Å²) >= 11 is 1.60. The van der Waals surface area contributed by atoms with Gasteiger partial charge in [0, 0.05) is 23.3 Å². The minimum atomic E-state index is -0.357. The number of hydrogen-bond donors (Lipinski definition) is 0. The number of rotatable bonds is 7. The Morgan fingerprint density at radius 1 is 1.19 bits per heavy atom. The SMILES string of the molecule is CC(Sc1nnc(C2CC2)n1Cc1ccccc1)c1cccc([N+](=O)[O-])c1. The Hall–Kier alpha value is -2.67. The molecule has 138 valence electrons. The van der Waals surface area contributed by atoms with Crippen LogP contribution < -0.4 is 0 Å². The molecule has 1 unspecified atom stereocenters. The second kappa shape index (κ2) is 7.52. The minimum Gasteiger partial charge on any atom is -0.301 e. The van der Waals surface area contributed by atoms with E-state index in [0.717, 1.165) is 35.9 Å². The molecule has 0 radical (unpaired) electrons. The first-order chi connectivity index (χ1) is 13.1. The third-order valence-corrected chi connectivity index (χ3v) is 5.84.